The van der Waals surface area contributed by atoms with Crippen molar-refractivity contribution in [2.45, 2.75) is 32.5 Å². The van der Waals surface area contributed by atoms with E-state index in [9.17, 15) is 18.0 Å². The van der Waals surface area contributed by atoms with Crippen LogP contribution in [-0.4, -0.2) is 18.9 Å². The highest BCUT2D eigenvalue weighted by atomic mass is 19.4. The Labute approximate surface area is 149 Å². The standard InChI is InChI=1S/C19H20F3NO3/c1-18(2,3)13-7-9-15(10-8-13)25-12-17(24)23-14-5-4-6-16(11-14)26-19(20,21)22/h4-11H,12H2,1-3H3,(H,23,24). The van der Waals surface area contributed by atoms with Crippen molar-refractivity contribution >= 4 is 11.6 Å². The highest BCUT2D eigenvalue weighted by Gasteiger charge is 2.31. The van der Waals surface area contributed by atoms with E-state index < -0.39 is 18.0 Å². The second-order valence-electron chi connectivity index (χ2n) is 6.69. The summed E-state index contributed by atoms with van der Waals surface area (Å²) in [6, 6.07) is 12.4. The average molecular weight is 367 g/mol. The maximum Gasteiger partial charge on any atom is 0.573 e. The lowest BCUT2D eigenvalue weighted by Crippen LogP contribution is -2.20. The van der Waals surface area contributed by atoms with E-state index in [0.29, 0.717) is 5.75 Å². The lowest BCUT2D eigenvalue weighted by atomic mass is 9.87. The summed E-state index contributed by atoms with van der Waals surface area (Å²) in [5, 5.41) is 2.46. The number of rotatable bonds is 5. The SMILES string of the molecule is CC(C)(C)c1ccc(OCC(=O)Nc2cccc(OC(F)(F)F)c2)cc1. The molecule has 0 bridgehead atoms. The normalized spacial score (nSPS) is 11.8. The Morgan fingerprint density at radius 1 is 1.00 bits per heavy atom. The van der Waals surface area contributed by atoms with Gasteiger partial charge in [0.25, 0.3) is 5.91 Å². The molecule has 0 fully saturated rings. The van der Waals surface area contributed by atoms with Gasteiger partial charge in [0.2, 0.25) is 0 Å². The third-order valence-corrected chi connectivity index (χ3v) is 3.44. The van der Waals surface area contributed by atoms with Crippen molar-refractivity contribution < 1.29 is 27.4 Å². The number of anilines is 1. The third-order valence-electron chi connectivity index (χ3n) is 3.44. The van der Waals surface area contributed by atoms with Gasteiger partial charge in [0.1, 0.15) is 11.5 Å². The molecule has 0 saturated heterocycles. The molecular weight excluding hydrogens is 347 g/mol. The molecule has 26 heavy (non-hydrogen) atoms. The van der Waals surface area contributed by atoms with E-state index >= 15 is 0 Å². The maximum absolute atomic E-state index is 12.2. The Balaban J connectivity index is 1.90. The number of amides is 1. The van der Waals surface area contributed by atoms with Gasteiger partial charge in [0.05, 0.1) is 0 Å². The quantitative estimate of drug-likeness (QED) is 0.818. The second-order valence-corrected chi connectivity index (χ2v) is 6.69. The fourth-order valence-electron chi connectivity index (χ4n) is 2.17. The van der Waals surface area contributed by atoms with Crippen LogP contribution in [0.3, 0.4) is 0 Å². The van der Waals surface area contributed by atoms with Crippen LogP contribution < -0.4 is 14.8 Å². The summed E-state index contributed by atoms with van der Waals surface area (Å²) in [5.74, 6) is -0.370. The van der Waals surface area contributed by atoms with Crippen LogP contribution in [-0.2, 0) is 10.2 Å². The lowest BCUT2D eigenvalue weighted by molar-refractivity contribution is -0.274. The first-order chi connectivity index (χ1) is 12.0. The number of hydrogen-bond donors (Lipinski definition) is 1. The zero-order valence-corrected chi connectivity index (χ0v) is 14.7. The number of carbonyl (C=O) groups is 1. The van der Waals surface area contributed by atoms with Gasteiger partial charge in [-0.3, -0.25) is 4.79 Å². The minimum absolute atomic E-state index is 0.0133. The van der Waals surface area contributed by atoms with Crippen LogP contribution in [0.4, 0.5) is 18.9 Å². The zero-order valence-electron chi connectivity index (χ0n) is 14.7. The van der Waals surface area contributed by atoms with Crippen molar-refractivity contribution in [1.82, 2.24) is 0 Å². The van der Waals surface area contributed by atoms with Crippen LogP contribution in [0.25, 0.3) is 0 Å². The number of nitrogens with one attached hydrogen (secondary N) is 1. The van der Waals surface area contributed by atoms with Crippen LogP contribution in [0.2, 0.25) is 0 Å². The van der Waals surface area contributed by atoms with Crippen LogP contribution in [0.15, 0.2) is 48.5 Å². The number of benzene rings is 2. The van der Waals surface area contributed by atoms with Gasteiger partial charge in [-0.25, -0.2) is 0 Å². The van der Waals surface area contributed by atoms with E-state index in [1.165, 1.54) is 12.1 Å². The monoisotopic (exact) mass is 367 g/mol. The molecule has 2 aromatic carbocycles. The molecule has 0 aliphatic rings. The molecule has 0 atom stereocenters. The van der Waals surface area contributed by atoms with Crippen LogP contribution in [0.1, 0.15) is 26.3 Å². The molecule has 7 heteroatoms. The molecular formula is C19H20F3NO3. The number of ether oxygens (including phenoxy) is 2. The van der Waals surface area contributed by atoms with Gasteiger partial charge in [-0.15, -0.1) is 13.2 Å². The molecule has 1 N–H and O–H groups in total. The number of hydrogen-bond acceptors (Lipinski definition) is 3. The van der Waals surface area contributed by atoms with E-state index in [0.717, 1.165) is 17.7 Å². The maximum atomic E-state index is 12.2. The van der Waals surface area contributed by atoms with Crippen LogP contribution in [0, 0.1) is 0 Å². The minimum atomic E-state index is -4.79. The fourth-order valence-corrected chi connectivity index (χ4v) is 2.17. The molecule has 0 saturated carbocycles. The van der Waals surface area contributed by atoms with Gasteiger partial charge < -0.3 is 14.8 Å². The van der Waals surface area contributed by atoms with E-state index in [2.05, 4.69) is 30.8 Å². The summed E-state index contributed by atoms with van der Waals surface area (Å²) in [6.07, 6.45) is -4.79. The average Bonchev–Trinajstić information content (AvgIpc) is 2.51. The lowest BCUT2D eigenvalue weighted by Gasteiger charge is -2.19. The molecule has 4 nitrogen and oxygen atoms in total. The molecule has 0 aromatic heterocycles. The molecule has 2 aromatic rings. The van der Waals surface area contributed by atoms with Gasteiger partial charge in [-0.05, 0) is 35.2 Å². The van der Waals surface area contributed by atoms with Crippen molar-refractivity contribution in [3.8, 4) is 11.5 Å². The molecule has 0 radical (unpaired) electrons. The van der Waals surface area contributed by atoms with Crippen LogP contribution >= 0.6 is 0 Å². The van der Waals surface area contributed by atoms with E-state index in [1.807, 2.05) is 12.1 Å². The van der Waals surface area contributed by atoms with E-state index in [1.54, 1.807) is 12.1 Å². The van der Waals surface area contributed by atoms with Gasteiger partial charge >= 0.3 is 6.36 Å². The zero-order chi connectivity index (χ0) is 19.4. The van der Waals surface area contributed by atoms with Gasteiger partial charge in [-0.1, -0.05) is 39.0 Å². The summed E-state index contributed by atoms with van der Waals surface area (Å²) in [5.41, 5.74) is 1.33. The summed E-state index contributed by atoms with van der Waals surface area (Å²) in [6.45, 7) is 6.01. The molecule has 0 aliphatic carbocycles. The van der Waals surface area contributed by atoms with Crippen molar-refractivity contribution in [3.63, 3.8) is 0 Å². The molecule has 1 amide bonds. The van der Waals surface area contributed by atoms with E-state index in [-0.39, 0.29) is 17.7 Å². The molecule has 2 rings (SSSR count). The van der Waals surface area contributed by atoms with Gasteiger partial charge in [-0.2, -0.15) is 0 Å². The Kier molecular flexibility index (Phi) is 5.79. The van der Waals surface area contributed by atoms with Gasteiger partial charge in [0, 0.05) is 11.8 Å². The highest BCUT2D eigenvalue weighted by Crippen LogP contribution is 2.26. The summed E-state index contributed by atoms with van der Waals surface area (Å²) < 4.78 is 45.9. The predicted molar refractivity (Wildman–Crippen MR) is 92.4 cm³/mol. The summed E-state index contributed by atoms with van der Waals surface area (Å²) in [4.78, 5) is 11.9. The highest BCUT2D eigenvalue weighted by molar-refractivity contribution is 5.92. The van der Waals surface area contributed by atoms with Crippen molar-refractivity contribution in [3.05, 3.63) is 54.1 Å². The Bertz CT molecular complexity index is 750. The van der Waals surface area contributed by atoms with Gasteiger partial charge in [0.15, 0.2) is 6.61 Å². The molecule has 0 aliphatic heterocycles. The van der Waals surface area contributed by atoms with Crippen molar-refractivity contribution in [2.24, 2.45) is 0 Å². The first kappa shape index (κ1) is 19.6. The van der Waals surface area contributed by atoms with Crippen molar-refractivity contribution in [1.29, 1.82) is 0 Å². The molecule has 0 heterocycles. The topological polar surface area (TPSA) is 47.6 Å². The second kappa shape index (κ2) is 7.68. The van der Waals surface area contributed by atoms with Crippen LogP contribution in [0.5, 0.6) is 11.5 Å². The molecule has 0 spiro atoms. The third kappa shape index (κ3) is 6.31. The van der Waals surface area contributed by atoms with Crippen molar-refractivity contribution in [2.75, 3.05) is 11.9 Å². The number of alkyl halides is 3. The Hall–Kier alpha value is -2.70. The first-order valence-corrected chi connectivity index (χ1v) is 7.92. The number of halogens is 3. The first-order valence-electron chi connectivity index (χ1n) is 7.92. The number of carbonyl (C=O) groups excluding carboxylic acids is 1. The summed E-state index contributed by atoms with van der Waals surface area (Å²) >= 11 is 0. The minimum Gasteiger partial charge on any atom is -0.484 e. The molecule has 0 unspecified atom stereocenters. The largest absolute Gasteiger partial charge is 0.573 e. The smallest absolute Gasteiger partial charge is 0.484 e. The van der Waals surface area contributed by atoms with E-state index in [4.69, 9.17) is 4.74 Å². The Morgan fingerprint density at radius 3 is 2.23 bits per heavy atom. The Morgan fingerprint density at radius 2 is 1.65 bits per heavy atom. The molecule has 140 valence electrons. The fraction of sp³-hybridized carbons (Fsp3) is 0.316. The predicted octanol–water partition coefficient (Wildman–Crippen LogP) is 4.90. The summed E-state index contributed by atoms with van der Waals surface area (Å²) in [7, 11) is 0.